The Hall–Kier alpha value is -2.44. The highest BCUT2D eigenvalue weighted by atomic mass is 16.6. The van der Waals surface area contributed by atoms with Gasteiger partial charge in [0.2, 0.25) is 0 Å². The summed E-state index contributed by atoms with van der Waals surface area (Å²) in [5.74, 6) is 1.48. The molecule has 0 unspecified atom stereocenters. The molecule has 2 rings (SSSR count). The van der Waals surface area contributed by atoms with Crippen LogP contribution in [0.3, 0.4) is 0 Å². The van der Waals surface area contributed by atoms with Crippen LogP contribution in [0, 0.1) is 17.8 Å². The molecule has 3 atom stereocenters. The Morgan fingerprint density at radius 1 is 1.21 bits per heavy atom. The number of azide groups is 1. The second-order valence-corrected chi connectivity index (χ2v) is 9.59. The van der Waals surface area contributed by atoms with Crippen molar-refractivity contribution in [2.75, 3.05) is 27.4 Å². The van der Waals surface area contributed by atoms with Gasteiger partial charge < -0.3 is 18.9 Å². The monoisotopic (exact) mass is 461 g/mol. The maximum Gasteiger partial charge on any atom is 0.309 e. The van der Waals surface area contributed by atoms with Crippen molar-refractivity contribution < 1.29 is 23.7 Å². The second kappa shape index (κ2) is 12.7. The zero-order chi connectivity index (χ0) is 24.4. The Morgan fingerprint density at radius 2 is 1.97 bits per heavy atom. The number of carbonyl (C=O) groups excluding carboxylic acids is 1. The van der Waals surface area contributed by atoms with Gasteiger partial charge in [-0.15, -0.1) is 0 Å². The molecule has 1 aliphatic rings. The van der Waals surface area contributed by atoms with E-state index in [2.05, 4.69) is 23.9 Å². The summed E-state index contributed by atoms with van der Waals surface area (Å²) in [5.41, 5.74) is 9.59. The lowest BCUT2D eigenvalue weighted by molar-refractivity contribution is -0.147. The van der Waals surface area contributed by atoms with Crippen LogP contribution in [0.1, 0.15) is 58.9 Å². The molecule has 0 aliphatic carbocycles. The van der Waals surface area contributed by atoms with Crippen molar-refractivity contribution in [1.29, 1.82) is 0 Å². The van der Waals surface area contributed by atoms with E-state index >= 15 is 0 Å². The minimum absolute atomic E-state index is 0.171. The summed E-state index contributed by atoms with van der Waals surface area (Å²) in [6.45, 7) is 9.43. The van der Waals surface area contributed by atoms with Gasteiger partial charge in [-0.1, -0.05) is 45.3 Å². The van der Waals surface area contributed by atoms with Gasteiger partial charge >= 0.3 is 5.97 Å². The van der Waals surface area contributed by atoms with Crippen molar-refractivity contribution in [2.24, 2.45) is 22.9 Å². The average Bonchev–Trinajstić information content (AvgIpc) is 3.18. The summed E-state index contributed by atoms with van der Waals surface area (Å²) in [7, 11) is 3.27. The molecule has 1 heterocycles. The normalized spacial score (nSPS) is 19.8. The fourth-order valence-electron chi connectivity index (χ4n) is 4.30. The zero-order valence-corrected chi connectivity index (χ0v) is 20.9. The second-order valence-electron chi connectivity index (χ2n) is 9.59. The number of rotatable bonds is 14. The van der Waals surface area contributed by atoms with Crippen molar-refractivity contribution in [3.8, 4) is 11.5 Å². The van der Waals surface area contributed by atoms with Crippen LogP contribution in [0.15, 0.2) is 23.3 Å². The topological polar surface area (TPSA) is 103 Å². The first kappa shape index (κ1) is 26.8. The molecule has 1 aromatic carbocycles. The highest BCUT2D eigenvalue weighted by Crippen LogP contribution is 2.41. The first-order chi connectivity index (χ1) is 15.8. The third-order valence-electron chi connectivity index (χ3n) is 6.32. The van der Waals surface area contributed by atoms with Crippen LogP contribution in [0.2, 0.25) is 0 Å². The molecule has 1 fully saturated rings. The molecule has 0 N–H and O–H groups in total. The van der Waals surface area contributed by atoms with Crippen LogP contribution in [0.25, 0.3) is 10.4 Å². The molecule has 0 bridgehead atoms. The number of methoxy groups -OCH3 is 2. The van der Waals surface area contributed by atoms with E-state index in [0.717, 1.165) is 18.4 Å². The number of nitrogens with zero attached hydrogens (tertiary/aromatic N) is 3. The molecule has 0 saturated carbocycles. The van der Waals surface area contributed by atoms with Crippen LogP contribution < -0.4 is 9.47 Å². The smallest absolute Gasteiger partial charge is 0.309 e. The minimum atomic E-state index is -0.861. The molecule has 8 nitrogen and oxygen atoms in total. The Bertz CT molecular complexity index is 822. The molecule has 0 amide bonds. The summed E-state index contributed by atoms with van der Waals surface area (Å²) in [4.78, 5) is 15.8. The molecule has 1 saturated heterocycles. The third-order valence-corrected chi connectivity index (χ3v) is 6.32. The molecule has 0 spiro atoms. The summed E-state index contributed by atoms with van der Waals surface area (Å²) in [6.07, 6.45) is 2.80. The van der Waals surface area contributed by atoms with Crippen LogP contribution in [0.5, 0.6) is 11.5 Å². The number of carbonyl (C=O) groups is 1. The van der Waals surface area contributed by atoms with Gasteiger partial charge in [0.05, 0.1) is 25.2 Å². The van der Waals surface area contributed by atoms with Gasteiger partial charge in [0, 0.05) is 25.0 Å². The summed E-state index contributed by atoms with van der Waals surface area (Å²) in [5, 5.41) is 4.31. The van der Waals surface area contributed by atoms with E-state index in [4.69, 9.17) is 18.9 Å². The number of hydrogen-bond donors (Lipinski definition) is 0. The van der Waals surface area contributed by atoms with Crippen molar-refractivity contribution in [1.82, 2.24) is 0 Å². The first-order valence-electron chi connectivity index (χ1n) is 11.8. The van der Waals surface area contributed by atoms with E-state index in [0.29, 0.717) is 49.9 Å². The van der Waals surface area contributed by atoms with Crippen molar-refractivity contribution in [3.05, 3.63) is 34.2 Å². The van der Waals surface area contributed by atoms with Gasteiger partial charge in [-0.05, 0) is 54.3 Å². The number of cyclic esters (lactones) is 1. The molecule has 1 aromatic rings. The largest absolute Gasteiger partial charge is 0.493 e. The van der Waals surface area contributed by atoms with Crippen molar-refractivity contribution >= 4 is 5.97 Å². The van der Waals surface area contributed by atoms with E-state index in [1.807, 2.05) is 32.0 Å². The van der Waals surface area contributed by atoms with Gasteiger partial charge in [0.25, 0.3) is 0 Å². The lowest BCUT2D eigenvalue weighted by Gasteiger charge is -2.34. The van der Waals surface area contributed by atoms with Crippen LogP contribution in [-0.2, 0) is 20.7 Å². The van der Waals surface area contributed by atoms with E-state index in [-0.39, 0.29) is 17.8 Å². The van der Waals surface area contributed by atoms with Gasteiger partial charge in [0.1, 0.15) is 6.10 Å². The predicted octanol–water partition coefficient (Wildman–Crippen LogP) is 5.73. The van der Waals surface area contributed by atoms with Crippen molar-refractivity contribution in [3.63, 3.8) is 0 Å². The highest BCUT2D eigenvalue weighted by molar-refractivity contribution is 5.75. The first-order valence-corrected chi connectivity index (χ1v) is 11.8. The Morgan fingerprint density at radius 3 is 2.55 bits per heavy atom. The molecular formula is C25H39N3O5. The number of benzene rings is 1. The Balaban J connectivity index is 2.37. The molecule has 0 aromatic heterocycles. The summed E-state index contributed by atoms with van der Waals surface area (Å²) in [6, 6.07) is 5.75. The van der Waals surface area contributed by atoms with Crippen LogP contribution >= 0.6 is 0 Å². The fraction of sp³-hybridized carbons (Fsp3) is 0.720. The summed E-state index contributed by atoms with van der Waals surface area (Å²) < 4.78 is 22.3. The predicted molar refractivity (Wildman–Crippen MR) is 127 cm³/mol. The van der Waals surface area contributed by atoms with Gasteiger partial charge in [0.15, 0.2) is 11.5 Å². The van der Waals surface area contributed by atoms with Crippen LogP contribution in [0.4, 0.5) is 0 Å². The fourth-order valence-corrected chi connectivity index (χ4v) is 4.30. The molecular weight excluding hydrogens is 422 g/mol. The van der Waals surface area contributed by atoms with Crippen LogP contribution in [-0.4, -0.2) is 45.0 Å². The molecule has 184 valence electrons. The van der Waals surface area contributed by atoms with E-state index in [9.17, 15) is 10.3 Å². The third kappa shape index (κ3) is 7.27. The van der Waals surface area contributed by atoms with Gasteiger partial charge in [-0.25, -0.2) is 0 Å². The molecule has 33 heavy (non-hydrogen) atoms. The molecule has 1 aliphatic heterocycles. The number of esters is 1. The van der Waals surface area contributed by atoms with Crippen molar-refractivity contribution in [2.45, 2.75) is 71.4 Å². The lowest BCUT2D eigenvalue weighted by Crippen LogP contribution is -2.42. The Labute approximate surface area is 197 Å². The molecule has 8 heteroatoms. The number of hydrogen-bond acceptors (Lipinski definition) is 6. The average molecular weight is 462 g/mol. The van der Waals surface area contributed by atoms with E-state index < -0.39 is 11.6 Å². The lowest BCUT2D eigenvalue weighted by atomic mass is 9.77. The van der Waals surface area contributed by atoms with Gasteiger partial charge in [-0.3, -0.25) is 4.79 Å². The summed E-state index contributed by atoms with van der Waals surface area (Å²) >= 11 is 0. The zero-order valence-electron chi connectivity index (χ0n) is 20.9. The van der Waals surface area contributed by atoms with E-state index in [1.165, 1.54) is 0 Å². The standard InChI is InChI=1S/C25H39N3O5/c1-17(2)10-11-25(27-28-26,23-15-20(18(3)4)24(29)33-23)16-19-8-9-21(31-6)22(14-19)32-13-7-12-30-5/h8-9,14,17-18,20,23H,7,10-13,15-16H2,1-6H3/t20-,23-,25-/m0/s1. The van der Waals surface area contributed by atoms with Gasteiger partial charge in [-0.2, -0.15) is 0 Å². The van der Waals surface area contributed by atoms with E-state index in [1.54, 1.807) is 14.2 Å². The quantitative estimate of drug-likeness (QED) is 0.116. The highest BCUT2D eigenvalue weighted by Gasteiger charge is 2.48. The Kier molecular flexibility index (Phi) is 10.3. The SMILES string of the molecule is COCCCOc1cc(C[C@](CCC(C)C)(N=[N+]=[N-])[C@@H]2C[C@@H](C(C)C)C(=O)O2)ccc1OC. The minimum Gasteiger partial charge on any atom is -0.493 e. The maximum atomic E-state index is 12.6. The molecule has 0 radical (unpaired) electrons. The number of ether oxygens (including phenoxy) is 4. The maximum absolute atomic E-state index is 12.6.